The normalized spacial score (nSPS) is 10.8. The van der Waals surface area contributed by atoms with Crippen LogP contribution in [0.5, 0.6) is 0 Å². The van der Waals surface area contributed by atoms with Gasteiger partial charge in [0.15, 0.2) is 0 Å². The number of aromatic nitrogens is 2. The van der Waals surface area contributed by atoms with Crippen LogP contribution in [-0.4, -0.2) is 21.1 Å². The molecule has 0 saturated carbocycles. The van der Waals surface area contributed by atoms with Crippen LogP contribution < -0.4 is 5.48 Å². The molecule has 5 nitrogen and oxygen atoms in total. The van der Waals surface area contributed by atoms with E-state index in [1.54, 1.807) is 6.20 Å². The van der Waals surface area contributed by atoms with Crippen molar-refractivity contribution in [2.45, 2.75) is 0 Å². The van der Waals surface area contributed by atoms with Crippen molar-refractivity contribution < 1.29 is 10.0 Å². The van der Waals surface area contributed by atoms with Crippen LogP contribution in [0.15, 0.2) is 36.5 Å². The molecule has 0 atom stereocenters. The molecular formula is C11H9N3O2. The Morgan fingerprint density at radius 3 is 2.81 bits per heavy atom. The maximum atomic E-state index is 10.8. The van der Waals surface area contributed by atoms with Crippen molar-refractivity contribution in [2.24, 2.45) is 0 Å². The topological polar surface area (TPSA) is 75.1 Å². The summed E-state index contributed by atoms with van der Waals surface area (Å²) in [5.74, 6) is -0.602. The standard InChI is InChI=1S/C11H9N3O2/c15-11(14-16)6-5-8-7-12-9-3-1-2-4-10(9)13-8/h1-7,16H,(H,14,15). The van der Waals surface area contributed by atoms with E-state index < -0.39 is 5.91 Å². The Labute approximate surface area is 91.4 Å². The van der Waals surface area contributed by atoms with Crippen molar-refractivity contribution in [2.75, 3.05) is 0 Å². The zero-order valence-electron chi connectivity index (χ0n) is 8.29. The van der Waals surface area contributed by atoms with E-state index in [4.69, 9.17) is 5.21 Å². The van der Waals surface area contributed by atoms with Crippen LogP contribution in [0.4, 0.5) is 0 Å². The van der Waals surface area contributed by atoms with Gasteiger partial charge in [0.1, 0.15) is 0 Å². The Morgan fingerprint density at radius 1 is 1.31 bits per heavy atom. The highest BCUT2D eigenvalue weighted by Crippen LogP contribution is 2.08. The fourth-order valence-corrected chi connectivity index (χ4v) is 1.25. The lowest BCUT2D eigenvalue weighted by Crippen LogP contribution is -2.14. The molecule has 2 aromatic rings. The van der Waals surface area contributed by atoms with Gasteiger partial charge in [-0.05, 0) is 18.2 Å². The molecule has 0 bridgehead atoms. The smallest absolute Gasteiger partial charge is 0.267 e. The number of rotatable bonds is 2. The molecule has 1 aromatic heterocycles. The van der Waals surface area contributed by atoms with Crippen molar-refractivity contribution in [1.82, 2.24) is 15.4 Å². The van der Waals surface area contributed by atoms with E-state index in [0.717, 1.165) is 11.0 Å². The Kier molecular flexibility index (Phi) is 2.88. The number of carbonyl (C=O) groups excluding carboxylic acids is 1. The summed E-state index contributed by atoms with van der Waals surface area (Å²) < 4.78 is 0. The second kappa shape index (κ2) is 4.50. The van der Waals surface area contributed by atoms with Crippen LogP contribution in [0, 0.1) is 0 Å². The third-order valence-electron chi connectivity index (χ3n) is 1.98. The first-order valence-corrected chi connectivity index (χ1v) is 4.63. The quantitative estimate of drug-likeness (QED) is 0.447. The van der Waals surface area contributed by atoms with Crippen molar-refractivity contribution >= 4 is 23.0 Å². The van der Waals surface area contributed by atoms with E-state index in [1.807, 2.05) is 24.3 Å². The number of para-hydroxylation sites is 2. The molecule has 0 saturated heterocycles. The predicted molar refractivity (Wildman–Crippen MR) is 58.5 cm³/mol. The molecule has 0 spiro atoms. The molecule has 1 aromatic carbocycles. The van der Waals surface area contributed by atoms with E-state index in [9.17, 15) is 4.79 Å². The molecule has 16 heavy (non-hydrogen) atoms. The number of benzene rings is 1. The van der Waals surface area contributed by atoms with Gasteiger partial charge in [-0.15, -0.1) is 0 Å². The van der Waals surface area contributed by atoms with Crippen molar-refractivity contribution in [3.05, 3.63) is 42.2 Å². The van der Waals surface area contributed by atoms with Crippen LogP contribution in [0.1, 0.15) is 5.69 Å². The highest BCUT2D eigenvalue weighted by Gasteiger charge is 1.96. The number of hydrogen-bond acceptors (Lipinski definition) is 4. The molecule has 80 valence electrons. The summed E-state index contributed by atoms with van der Waals surface area (Å²) in [5.41, 5.74) is 3.61. The minimum atomic E-state index is -0.602. The summed E-state index contributed by atoms with van der Waals surface area (Å²) in [7, 11) is 0. The van der Waals surface area contributed by atoms with Gasteiger partial charge in [0.25, 0.3) is 5.91 Å². The number of fused-ring (bicyclic) bond motifs is 1. The largest absolute Gasteiger partial charge is 0.288 e. The van der Waals surface area contributed by atoms with Gasteiger partial charge >= 0.3 is 0 Å². The van der Waals surface area contributed by atoms with Gasteiger partial charge in [0.2, 0.25) is 0 Å². The Balaban J connectivity index is 2.33. The second-order valence-electron chi connectivity index (χ2n) is 3.09. The average molecular weight is 215 g/mol. The molecule has 0 aliphatic heterocycles. The molecule has 0 unspecified atom stereocenters. The zero-order chi connectivity index (χ0) is 11.4. The zero-order valence-corrected chi connectivity index (χ0v) is 8.29. The average Bonchev–Trinajstić information content (AvgIpc) is 2.35. The third-order valence-corrected chi connectivity index (χ3v) is 1.98. The third kappa shape index (κ3) is 2.21. The number of amides is 1. The fraction of sp³-hybridized carbons (Fsp3) is 0. The van der Waals surface area contributed by atoms with E-state index >= 15 is 0 Å². The molecule has 0 fully saturated rings. The number of nitrogens with zero attached hydrogens (tertiary/aromatic N) is 2. The van der Waals surface area contributed by atoms with Gasteiger partial charge in [0.05, 0.1) is 22.9 Å². The van der Waals surface area contributed by atoms with Gasteiger partial charge < -0.3 is 0 Å². The highest BCUT2D eigenvalue weighted by atomic mass is 16.5. The summed E-state index contributed by atoms with van der Waals surface area (Å²) >= 11 is 0. The number of hydroxylamine groups is 1. The van der Waals surface area contributed by atoms with Crippen LogP contribution in [-0.2, 0) is 4.79 Å². The van der Waals surface area contributed by atoms with E-state index in [-0.39, 0.29) is 0 Å². The van der Waals surface area contributed by atoms with Gasteiger partial charge in [-0.1, -0.05) is 12.1 Å². The first-order valence-electron chi connectivity index (χ1n) is 4.63. The molecule has 1 heterocycles. The van der Waals surface area contributed by atoms with Crippen LogP contribution in [0.3, 0.4) is 0 Å². The minimum absolute atomic E-state index is 0.558. The molecule has 5 heteroatoms. The van der Waals surface area contributed by atoms with Gasteiger partial charge in [-0.2, -0.15) is 0 Å². The Bertz CT molecular complexity index is 552. The highest BCUT2D eigenvalue weighted by molar-refractivity contribution is 5.90. The maximum absolute atomic E-state index is 10.8. The summed E-state index contributed by atoms with van der Waals surface area (Å²) in [6, 6.07) is 7.44. The SMILES string of the molecule is O=C(C=Cc1cnc2ccccc2n1)NO. The van der Waals surface area contributed by atoms with E-state index in [1.165, 1.54) is 17.6 Å². The minimum Gasteiger partial charge on any atom is -0.288 e. The monoisotopic (exact) mass is 215 g/mol. The lowest BCUT2D eigenvalue weighted by atomic mass is 10.3. The molecular weight excluding hydrogens is 206 g/mol. The molecule has 0 aliphatic carbocycles. The van der Waals surface area contributed by atoms with Crippen molar-refractivity contribution in [3.8, 4) is 0 Å². The van der Waals surface area contributed by atoms with Crippen molar-refractivity contribution in [3.63, 3.8) is 0 Å². The lowest BCUT2D eigenvalue weighted by molar-refractivity contribution is -0.124. The number of nitrogens with one attached hydrogen (secondary N) is 1. The first-order chi connectivity index (χ1) is 7.79. The Hall–Kier alpha value is -2.27. The van der Waals surface area contributed by atoms with Crippen molar-refractivity contribution in [1.29, 1.82) is 0 Å². The first kappa shape index (κ1) is 10.3. The summed E-state index contributed by atoms with van der Waals surface area (Å²) in [6.07, 6.45) is 4.22. The maximum Gasteiger partial charge on any atom is 0.267 e. The second-order valence-corrected chi connectivity index (χ2v) is 3.09. The van der Waals surface area contributed by atoms with Gasteiger partial charge in [-0.3, -0.25) is 15.0 Å². The summed E-state index contributed by atoms with van der Waals surface area (Å²) in [4.78, 5) is 19.2. The Morgan fingerprint density at radius 2 is 2.06 bits per heavy atom. The van der Waals surface area contributed by atoms with Crippen LogP contribution >= 0.6 is 0 Å². The van der Waals surface area contributed by atoms with E-state index in [2.05, 4.69) is 9.97 Å². The predicted octanol–water partition coefficient (Wildman–Crippen LogP) is 1.15. The summed E-state index contributed by atoms with van der Waals surface area (Å²) in [6.45, 7) is 0. The van der Waals surface area contributed by atoms with Crippen LogP contribution in [0.2, 0.25) is 0 Å². The van der Waals surface area contributed by atoms with Gasteiger partial charge in [0, 0.05) is 6.08 Å². The molecule has 0 radical (unpaired) electrons. The van der Waals surface area contributed by atoms with Gasteiger partial charge in [-0.25, -0.2) is 10.5 Å². The molecule has 1 amide bonds. The van der Waals surface area contributed by atoms with E-state index in [0.29, 0.717) is 5.69 Å². The number of carbonyl (C=O) groups is 1. The lowest BCUT2D eigenvalue weighted by Gasteiger charge is -1.97. The fourth-order valence-electron chi connectivity index (χ4n) is 1.25. The summed E-state index contributed by atoms with van der Waals surface area (Å²) in [5, 5.41) is 8.30. The molecule has 2 N–H and O–H groups in total. The molecule has 0 aliphatic rings. The van der Waals surface area contributed by atoms with Crippen LogP contribution in [0.25, 0.3) is 17.1 Å². The molecule has 2 rings (SSSR count). The number of hydrogen-bond donors (Lipinski definition) is 2.